The Morgan fingerprint density at radius 1 is 1.26 bits per heavy atom. The van der Waals surface area contributed by atoms with E-state index in [1.54, 1.807) is 31.4 Å². The fourth-order valence-corrected chi connectivity index (χ4v) is 4.75. The minimum atomic E-state index is -1.74. The number of nitrogens with zero attached hydrogens (tertiary/aromatic N) is 3. The lowest BCUT2D eigenvalue weighted by atomic mass is 10.1. The van der Waals surface area contributed by atoms with Crippen LogP contribution in [0.25, 0.3) is 11.3 Å². The minimum Gasteiger partial charge on any atom is -0.491 e. The Balaban J connectivity index is 1.68. The van der Waals surface area contributed by atoms with Crippen LogP contribution < -0.4 is 20.1 Å². The summed E-state index contributed by atoms with van der Waals surface area (Å²) in [5, 5.41) is 6.08. The van der Waals surface area contributed by atoms with E-state index >= 15 is 0 Å². The summed E-state index contributed by atoms with van der Waals surface area (Å²) in [6, 6.07) is 7.14. The van der Waals surface area contributed by atoms with Crippen LogP contribution in [-0.2, 0) is 21.7 Å². The van der Waals surface area contributed by atoms with Crippen molar-refractivity contribution in [2.75, 3.05) is 26.0 Å². The Bertz CT molecular complexity index is 1190. The molecule has 10 heteroatoms. The molecule has 4 rings (SSSR count). The van der Waals surface area contributed by atoms with Gasteiger partial charge >= 0.3 is 0 Å². The summed E-state index contributed by atoms with van der Waals surface area (Å²) in [5.41, 5.74) is 4.99. The van der Waals surface area contributed by atoms with Gasteiger partial charge in [-0.1, -0.05) is 4.21 Å². The van der Waals surface area contributed by atoms with E-state index in [1.165, 1.54) is 7.11 Å². The molecule has 3 heterocycles. The number of methoxy groups -OCH3 is 1. The molecule has 3 aromatic rings. The summed E-state index contributed by atoms with van der Waals surface area (Å²) in [6.45, 7) is 5.31. The highest BCUT2D eigenvalue weighted by Crippen LogP contribution is 2.33. The summed E-state index contributed by atoms with van der Waals surface area (Å²) < 4.78 is 22.3. The van der Waals surface area contributed by atoms with Crippen molar-refractivity contribution in [3.05, 3.63) is 47.4 Å². The predicted octanol–water partition coefficient (Wildman–Crippen LogP) is 2.25. The molecular weight excluding hydrogens is 416 g/mol. The van der Waals surface area contributed by atoms with Gasteiger partial charge in [-0.25, -0.2) is 9.97 Å². The van der Waals surface area contributed by atoms with Gasteiger partial charge in [0.1, 0.15) is 5.69 Å². The Morgan fingerprint density at radius 3 is 2.77 bits per heavy atom. The first-order valence-corrected chi connectivity index (χ1v) is 11.1. The standard InChI is InChI=1S/C21H24N6O3S/c1-12-18(13(2)27-10-9-23-20(28)19(12)27)15-7-8-24-21(26-15)25-14-5-6-17(31(29)22-3)16(11-14)30-4/h5-8,11H,9-10H2,1-4H3,(H,22,29)(H,23,28)(H,24,25,26)/p+1. The topological polar surface area (TPSA) is 110 Å². The van der Waals surface area contributed by atoms with Crippen molar-refractivity contribution in [1.82, 2.24) is 24.6 Å². The number of hydrogen-bond donors (Lipinski definition) is 3. The van der Waals surface area contributed by atoms with Crippen molar-refractivity contribution < 1.29 is 13.7 Å². The summed E-state index contributed by atoms with van der Waals surface area (Å²) >= 11 is 0. The molecule has 1 unspecified atom stereocenters. The van der Waals surface area contributed by atoms with Gasteiger partial charge in [-0.15, -0.1) is 4.72 Å². The average Bonchev–Trinajstić information content (AvgIpc) is 3.04. The van der Waals surface area contributed by atoms with Crippen molar-refractivity contribution in [3.63, 3.8) is 0 Å². The molecule has 1 atom stereocenters. The van der Waals surface area contributed by atoms with E-state index in [0.717, 1.165) is 29.1 Å². The molecule has 0 spiro atoms. The zero-order valence-electron chi connectivity index (χ0n) is 17.8. The molecule has 1 aliphatic heterocycles. The minimum absolute atomic E-state index is 0.0578. The zero-order chi connectivity index (χ0) is 22.1. The number of rotatable bonds is 6. The smallest absolute Gasteiger partial charge is 0.268 e. The first kappa shape index (κ1) is 21.0. The zero-order valence-corrected chi connectivity index (χ0v) is 18.7. The average molecular weight is 442 g/mol. The number of thiol groups is 1. The van der Waals surface area contributed by atoms with E-state index in [-0.39, 0.29) is 5.91 Å². The van der Waals surface area contributed by atoms with E-state index in [2.05, 4.69) is 25.3 Å². The SMILES string of the molecule is CN[SH+](=O)c1ccc(Nc2nccc(-c3c(C)c4n(c3C)CCNC4=O)n2)cc1OC. The second kappa shape index (κ2) is 8.48. The molecule has 0 radical (unpaired) electrons. The van der Waals surface area contributed by atoms with Gasteiger partial charge in [0.15, 0.2) is 16.7 Å². The van der Waals surface area contributed by atoms with Gasteiger partial charge in [0.25, 0.3) is 5.91 Å². The maximum absolute atomic E-state index is 12.4. The molecule has 0 aliphatic carbocycles. The monoisotopic (exact) mass is 441 g/mol. The van der Waals surface area contributed by atoms with E-state index in [1.807, 2.05) is 24.5 Å². The maximum Gasteiger partial charge on any atom is 0.268 e. The molecular formula is C21H25N6O3S+. The predicted molar refractivity (Wildman–Crippen MR) is 120 cm³/mol. The Kier molecular flexibility index (Phi) is 5.75. The second-order valence-electron chi connectivity index (χ2n) is 7.14. The fourth-order valence-electron chi connectivity index (χ4n) is 3.94. The van der Waals surface area contributed by atoms with Crippen molar-refractivity contribution in [1.29, 1.82) is 0 Å². The van der Waals surface area contributed by atoms with E-state index in [9.17, 15) is 9.00 Å². The molecule has 1 aromatic carbocycles. The van der Waals surface area contributed by atoms with E-state index < -0.39 is 11.0 Å². The highest BCUT2D eigenvalue weighted by atomic mass is 32.2. The van der Waals surface area contributed by atoms with E-state index in [0.29, 0.717) is 34.5 Å². The normalized spacial score (nSPS) is 14.0. The van der Waals surface area contributed by atoms with Gasteiger partial charge in [-0.2, -0.15) is 0 Å². The quantitative estimate of drug-likeness (QED) is 0.400. The number of fused-ring (bicyclic) bond motifs is 1. The molecule has 0 fully saturated rings. The van der Waals surface area contributed by atoms with Crippen molar-refractivity contribution in [3.8, 4) is 17.0 Å². The van der Waals surface area contributed by atoms with Gasteiger partial charge in [-0.3, -0.25) is 4.79 Å². The van der Waals surface area contributed by atoms with Crippen molar-refractivity contribution in [2.45, 2.75) is 25.3 Å². The summed E-state index contributed by atoms with van der Waals surface area (Å²) in [4.78, 5) is 21.9. The van der Waals surface area contributed by atoms with Gasteiger partial charge in [-0.05, 0) is 31.5 Å². The fraction of sp³-hybridized carbons (Fsp3) is 0.286. The van der Waals surface area contributed by atoms with Gasteiger partial charge in [0.2, 0.25) is 10.8 Å². The molecule has 0 bridgehead atoms. The van der Waals surface area contributed by atoms with Crippen LogP contribution >= 0.6 is 0 Å². The van der Waals surface area contributed by atoms with Crippen LogP contribution in [0.15, 0.2) is 35.4 Å². The summed E-state index contributed by atoms with van der Waals surface area (Å²) in [6.07, 6.45) is 1.68. The van der Waals surface area contributed by atoms with Crippen molar-refractivity contribution >= 4 is 28.5 Å². The first-order chi connectivity index (χ1) is 14.9. The van der Waals surface area contributed by atoms with Crippen LogP contribution in [0.5, 0.6) is 5.75 Å². The Hall–Kier alpha value is -3.24. The number of nitrogens with one attached hydrogen (secondary N) is 3. The Labute approximate surface area is 182 Å². The molecule has 0 saturated carbocycles. The molecule has 9 nitrogen and oxygen atoms in total. The lowest BCUT2D eigenvalue weighted by Crippen LogP contribution is -2.35. The van der Waals surface area contributed by atoms with Crippen LogP contribution in [0.2, 0.25) is 0 Å². The number of aromatic nitrogens is 3. The summed E-state index contributed by atoms with van der Waals surface area (Å²) in [5.74, 6) is 0.866. The Morgan fingerprint density at radius 2 is 2.06 bits per heavy atom. The third-order valence-corrected chi connectivity index (χ3v) is 6.59. The van der Waals surface area contributed by atoms with Crippen LogP contribution in [0.3, 0.4) is 0 Å². The number of amides is 1. The number of carbonyl (C=O) groups excluding carboxylic acids is 1. The number of carbonyl (C=O) groups is 1. The van der Waals surface area contributed by atoms with Crippen LogP contribution in [-0.4, -0.2) is 41.1 Å². The first-order valence-electron chi connectivity index (χ1n) is 9.85. The molecule has 1 aliphatic rings. The third kappa shape index (κ3) is 3.79. The van der Waals surface area contributed by atoms with Gasteiger partial charge in [0, 0.05) is 55.4 Å². The molecule has 3 N–H and O–H groups in total. The summed E-state index contributed by atoms with van der Waals surface area (Å²) in [7, 11) is 1.44. The van der Waals surface area contributed by atoms with Gasteiger partial charge < -0.3 is 19.9 Å². The third-order valence-electron chi connectivity index (χ3n) is 5.37. The van der Waals surface area contributed by atoms with Gasteiger partial charge in [0.05, 0.1) is 12.8 Å². The van der Waals surface area contributed by atoms with Crippen LogP contribution in [0.4, 0.5) is 11.6 Å². The molecule has 162 valence electrons. The maximum atomic E-state index is 12.4. The van der Waals surface area contributed by atoms with Crippen molar-refractivity contribution in [2.24, 2.45) is 0 Å². The lowest BCUT2D eigenvalue weighted by molar-refractivity contribution is 0.0926. The lowest BCUT2D eigenvalue weighted by Gasteiger charge is -2.17. The molecule has 0 saturated heterocycles. The van der Waals surface area contributed by atoms with Crippen LogP contribution in [0, 0.1) is 13.8 Å². The molecule has 2 aromatic heterocycles. The molecule has 1 amide bonds. The highest BCUT2D eigenvalue weighted by molar-refractivity contribution is 7.83. The number of ether oxygens (including phenoxy) is 1. The largest absolute Gasteiger partial charge is 0.491 e. The van der Waals surface area contributed by atoms with E-state index in [4.69, 9.17) is 4.74 Å². The second-order valence-corrected chi connectivity index (χ2v) is 8.65. The number of hydrogen-bond acceptors (Lipinski definition) is 6. The number of benzene rings is 1. The number of anilines is 2. The van der Waals surface area contributed by atoms with Crippen LogP contribution in [0.1, 0.15) is 21.7 Å². The highest BCUT2D eigenvalue weighted by Gasteiger charge is 2.26. The molecule has 31 heavy (non-hydrogen) atoms.